The molecule has 3 aromatic rings. The third kappa shape index (κ3) is 2.47. The summed E-state index contributed by atoms with van der Waals surface area (Å²) in [6, 6.07) is 16.2. The molecular weight excluding hydrogens is 314 g/mol. The first-order valence-electron chi connectivity index (χ1n) is 6.36. The maximum Gasteiger partial charge on any atom is 0.212 e. The summed E-state index contributed by atoms with van der Waals surface area (Å²) < 4.78 is 3.14. The van der Waals surface area contributed by atoms with Crippen LogP contribution in [0.25, 0.3) is 5.69 Å². The third-order valence-electron chi connectivity index (χ3n) is 3.17. The molecule has 0 atom stereocenters. The molecular formula is C16H14BrN3. The molecule has 3 rings (SSSR count). The number of nitrogens with zero attached hydrogens (tertiary/aromatic N) is 2. The highest BCUT2D eigenvalue weighted by Gasteiger charge is 2.09. The van der Waals surface area contributed by atoms with Gasteiger partial charge in [-0.2, -0.15) is 0 Å². The zero-order valence-corrected chi connectivity index (χ0v) is 12.6. The number of para-hydroxylation sites is 1. The van der Waals surface area contributed by atoms with Crippen molar-refractivity contribution in [2.24, 2.45) is 0 Å². The van der Waals surface area contributed by atoms with Crippen LogP contribution in [0.3, 0.4) is 0 Å². The van der Waals surface area contributed by atoms with Crippen molar-refractivity contribution in [2.75, 3.05) is 5.32 Å². The van der Waals surface area contributed by atoms with Crippen LogP contribution in [0.15, 0.2) is 65.4 Å². The van der Waals surface area contributed by atoms with E-state index in [0.717, 1.165) is 21.8 Å². The highest BCUT2D eigenvalue weighted by molar-refractivity contribution is 9.10. The SMILES string of the molecule is Cc1c(Br)cccc1-n1ccnc1Nc1ccccc1. The van der Waals surface area contributed by atoms with Crippen molar-refractivity contribution in [1.82, 2.24) is 9.55 Å². The Morgan fingerprint density at radius 3 is 2.65 bits per heavy atom. The first-order valence-corrected chi connectivity index (χ1v) is 7.16. The fourth-order valence-corrected chi connectivity index (χ4v) is 2.45. The maximum atomic E-state index is 4.40. The summed E-state index contributed by atoms with van der Waals surface area (Å²) in [5.41, 5.74) is 3.31. The smallest absolute Gasteiger partial charge is 0.212 e. The predicted molar refractivity (Wildman–Crippen MR) is 85.7 cm³/mol. The number of nitrogens with one attached hydrogen (secondary N) is 1. The Morgan fingerprint density at radius 2 is 1.85 bits per heavy atom. The lowest BCUT2D eigenvalue weighted by molar-refractivity contribution is 1.04. The van der Waals surface area contributed by atoms with Gasteiger partial charge in [-0.3, -0.25) is 4.57 Å². The number of hydrogen-bond donors (Lipinski definition) is 1. The van der Waals surface area contributed by atoms with Crippen molar-refractivity contribution in [3.05, 3.63) is 71.0 Å². The predicted octanol–water partition coefficient (Wildman–Crippen LogP) is 4.69. The van der Waals surface area contributed by atoms with Gasteiger partial charge in [0, 0.05) is 22.6 Å². The van der Waals surface area contributed by atoms with E-state index in [2.05, 4.69) is 39.2 Å². The molecule has 1 N–H and O–H groups in total. The van der Waals surface area contributed by atoms with E-state index in [-0.39, 0.29) is 0 Å². The third-order valence-corrected chi connectivity index (χ3v) is 4.03. The number of anilines is 2. The molecule has 0 aliphatic heterocycles. The summed E-state index contributed by atoms with van der Waals surface area (Å²) in [4.78, 5) is 4.40. The molecule has 0 unspecified atom stereocenters. The first-order chi connectivity index (χ1) is 9.75. The normalized spacial score (nSPS) is 10.5. The molecule has 0 spiro atoms. The van der Waals surface area contributed by atoms with Gasteiger partial charge in [0.25, 0.3) is 0 Å². The standard InChI is InChI=1S/C16H14BrN3/c1-12-14(17)8-5-9-15(12)20-11-10-18-16(20)19-13-6-3-2-4-7-13/h2-11H,1H3,(H,18,19). The minimum atomic E-state index is 0.803. The van der Waals surface area contributed by atoms with Gasteiger partial charge in [-0.15, -0.1) is 0 Å². The van der Waals surface area contributed by atoms with Crippen molar-refractivity contribution >= 4 is 27.6 Å². The number of halogens is 1. The summed E-state index contributed by atoms with van der Waals surface area (Å²) in [6.07, 6.45) is 3.76. The Balaban J connectivity index is 2.00. The van der Waals surface area contributed by atoms with Crippen molar-refractivity contribution in [2.45, 2.75) is 6.92 Å². The second-order valence-corrected chi connectivity index (χ2v) is 5.35. The van der Waals surface area contributed by atoms with Crippen LogP contribution in [-0.2, 0) is 0 Å². The molecule has 3 nitrogen and oxygen atoms in total. The lowest BCUT2D eigenvalue weighted by Crippen LogP contribution is -2.02. The van der Waals surface area contributed by atoms with Crippen molar-refractivity contribution in [3.8, 4) is 5.69 Å². The van der Waals surface area contributed by atoms with Crippen LogP contribution in [-0.4, -0.2) is 9.55 Å². The summed E-state index contributed by atoms with van der Waals surface area (Å²) in [6.45, 7) is 2.09. The molecule has 1 heterocycles. The number of benzene rings is 2. The van der Waals surface area contributed by atoms with E-state index < -0.39 is 0 Å². The Hall–Kier alpha value is -2.07. The summed E-state index contributed by atoms with van der Waals surface area (Å²) in [5, 5.41) is 3.33. The van der Waals surface area contributed by atoms with E-state index in [1.54, 1.807) is 6.20 Å². The summed E-state index contributed by atoms with van der Waals surface area (Å²) in [5.74, 6) is 0.803. The van der Waals surface area contributed by atoms with Gasteiger partial charge in [-0.1, -0.05) is 40.2 Å². The molecule has 0 bridgehead atoms. The Kier molecular flexibility index (Phi) is 3.56. The molecule has 0 aliphatic rings. The number of hydrogen-bond acceptors (Lipinski definition) is 2. The van der Waals surface area contributed by atoms with E-state index in [0.29, 0.717) is 0 Å². The average molecular weight is 328 g/mol. The Labute approximate surface area is 126 Å². The van der Waals surface area contributed by atoms with Gasteiger partial charge in [-0.25, -0.2) is 4.98 Å². The summed E-state index contributed by atoms with van der Waals surface area (Å²) in [7, 11) is 0. The van der Waals surface area contributed by atoms with E-state index in [1.807, 2.05) is 53.2 Å². The maximum absolute atomic E-state index is 4.40. The second kappa shape index (κ2) is 5.51. The van der Waals surface area contributed by atoms with Gasteiger partial charge >= 0.3 is 0 Å². The molecule has 2 aromatic carbocycles. The van der Waals surface area contributed by atoms with Gasteiger partial charge < -0.3 is 5.32 Å². The second-order valence-electron chi connectivity index (χ2n) is 4.50. The molecule has 0 amide bonds. The average Bonchev–Trinajstić information content (AvgIpc) is 2.91. The van der Waals surface area contributed by atoms with Gasteiger partial charge in [0.05, 0.1) is 5.69 Å². The van der Waals surface area contributed by atoms with E-state index in [9.17, 15) is 0 Å². The quantitative estimate of drug-likeness (QED) is 0.756. The topological polar surface area (TPSA) is 29.9 Å². The fourth-order valence-electron chi connectivity index (χ4n) is 2.10. The van der Waals surface area contributed by atoms with Crippen LogP contribution in [0.1, 0.15) is 5.56 Å². The van der Waals surface area contributed by atoms with Gasteiger partial charge in [0.2, 0.25) is 5.95 Å². The lowest BCUT2D eigenvalue weighted by Gasteiger charge is -2.13. The molecule has 20 heavy (non-hydrogen) atoms. The van der Waals surface area contributed by atoms with E-state index in [1.165, 1.54) is 5.56 Å². The molecule has 0 saturated heterocycles. The Bertz CT molecular complexity index is 720. The minimum Gasteiger partial charge on any atom is -0.325 e. The van der Waals surface area contributed by atoms with Crippen LogP contribution in [0.5, 0.6) is 0 Å². The largest absolute Gasteiger partial charge is 0.325 e. The molecule has 0 aliphatic carbocycles. The molecule has 0 saturated carbocycles. The Morgan fingerprint density at radius 1 is 1.05 bits per heavy atom. The monoisotopic (exact) mass is 327 g/mol. The van der Waals surface area contributed by atoms with E-state index in [4.69, 9.17) is 0 Å². The molecule has 0 radical (unpaired) electrons. The molecule has 100 valence electrons. The first kappa shape index (κ1) is 12.9. The van der Waals surface area contributed by atoms with Gasteiger partial charge in [0.15, 0.2) is 0 Å². The molecule has 4 heteroatoms. The van der Waals surface area contributed by atoms with Crippen LogP contribution in [0.4, 0.5) is 11.6 Å². The van der Waals surface area contributed by atoms with Crippen molar-refractivity contribution in [1.29, 1.82) is 0 Å². The van der Waals surface area contributed by atoms with E-state index >= 15 is 0 Å². The van der Waals surface area contributed by atoms with Crippen LogP contribution < -0.4 is 5.32 Å². The van der Waals surface area contributed by atoms with Gasteiger partial charge in [0.1, 0.15) is 0 Å². The lowest BCUT2D eigenvalue weighted by atomic mass is 10.2. The zero-order chi connectivity index (χ0) is 13.9. The highest BCUT2D eigenvalue weighted by Crippen LogP contribution is 2.26. The zero-order valence-electron chi connectivity index (χ0n) is 11.0. The fraction of sp³-hybridized carbons (Fsp3) is 0.0625. The van der Waals surface area contributed by atoms with Crippen LogP contribution >= 0.6 is 15.9 Å². The van der Waals surface area contributed by atoms with Crippen molar-refractivity contribution in [3.63, 3.8) is 0 Å². The molecule has 1 aromatic heterocycles. The van der Waals surface area contributed by atoms with Gasteiger partial charge in [-0.05, 0) is 36.8 Å². The minimum absolute atomic E-state index is 0.803. The van der Waals surface area contributed by atoms with Crippen LogP contribution in [0.2, 0.25) is 0 Å². The van der Waals surface area contributed by atoms with Crippen molar-refractivity contribution < 1.29 is 0 Å². The van der Waals surface area contributed by atoms with Crippen LogP contribution in [0, 0.1) is 6.92 Å². The number of imidazole rings is 1. The number of aromatic nitrogens is 2. The highest BCUT2D eigenvalue weighted by atomic mass is 79.9. The number of rotatable bonds is 3. The summed E-state index contributed by atoms with van der Waals surface area (Å²) >= 11 is 3.57. The molecule has 0 fully saturated rings.